The maximum atomic E-state index is 9.25. The molecule has 0 saturated heterocycles. The van der Waals surface area contributed by atoms with E-state index in [4.69, 9.17) is 0 Å². The van der Waals surface area contributed by atoms with E-state index in [0.29, 0.717) is 0 Å². The molecule has 0 heterocycles. The highest BCUT2D eigenvalue weighted by Gasteiger charge is 2.19. The minimum absolute atomic E-state index is 0.183. The summed E-state index contributed by atoms with van der Waals surface area (Å²) in [5, 5.41) is 9.25. The van der Waals surface area contributed by atoms with Crippen molar-refractivity contribution >= 4 is 0 Å². The molecule has 0 bridgehead atoms. The minimum Gasteiger partial charge on any atom is -0.393 e. The Balaban J connectivity index is 1.98. The molecule has 0 amide bonds. The van der Waals surface area contributed by atoms with Crippen LogP contribution in [0.2, 0.25) is 0 Å². The molecule has 1 aromatic rings. The topological polar surface area (TPSA) is 20.2 Å². The van der Waals surface area contributed by atoms with Crippen molar-refractivity contribution in [3.63, 3.8) is 0 Å². The zero-order valence-corrected chi connectivity index (χ0v) is 9.45. The Bertz CT molecular complexity index is 313. The number of hydrogen-bond acceptors (Lipinski definition) is 1. The van der Waals surface area contributed by atoms with Gasteiger partial charge < -0.3 is 5.11 Å². The van der Waals surface area contributed by atoms with Gasteiger partial charge in [0.25, 0.3) is 0 Å². The summed E-state index contributed by atoms with van der Waals surface area (Å²) in [6.07, 6.45) is 5.80. The molecule has 1 unspecified atom stereocenters. The summed E-state index contributed by atoms with van der Waals surface area (Å²) in [6.45, 7) is 1.86. The van der Waals surface area contributed by atoms with Crippen molar-refractivity contribution in [3.8, 4) is 0 Å². The first-order chi connectivity index (χ1) is 7.25. The van der Waals surface area contributed by atoms with Crippen LogP contribution in [0.5, 0.6) is 0 Å². The fourth-order valence-corrected chi connectivity index (χ4v) is 2.12. The average molecular weight is 204 g/mol. The molecule has 1 heteroatoms. The highest BCUT2D eigenvalue weighted by atomic mass is 16.3. The van der Waals surface area contributed by atoms with Crippen molar-refractivity contribution in [1.82, 2.24) is 0 Å². The van der Waals surface area contributed by atoms with Crippen molar-refractivity contribution in [3.05, 3.63) is 35.4 Å². The van der Waals surface area contributed by atoms with E-state index in [0.717, 1.165) is 18.8 Å². The zero-order valence-electron chi connectivity index (χ0n) is 9.45. The number of hydrogen-bond donors (Lipinski definition) is 1. The molecule has 1 N–H and O–H groups in total. The molecule has 1 atom stereocenters. The second kappa shape index (κ2) is 4.80. The summed E-state index contributed by atoms with van der Waals surface area (Å²) in [5.74, 6) is 0.816. The fraction of sp³-hybridized carbons (Fsp3) is 0.571. The molecule has 1 aliphatic rings. The van der Waals surface area contributed by atoms with Gasteiger partial charge in [0.2, 0.25) is 0 Å². The Morgan fingerprint density at radius 1 is 1.40 bits per heavy atom. The van der Waals surface area contributed by atoms with Gasteiger partial charge in [0.1, 0.15) is 0 Å². The van der Waals surface area contributed by atoms with Crippen LogP contribution < -0.4 is 0 Å². The number of rotatable bonds is 4. The quantitative estimate of drug-likeness (QED) is 0.798. The van der Waals surface area contributed by atoms with E-state index < -0.39 is 0 Å². The van der Waals surface area contributed by atoms with E-state index in [9.17, 15) is 5.11 Å². The van der Waals surface area contributed by atoms with Crippen molar-refractivity contribution < 1.29 is 5.11 Å². The van der Waals surface area contributed by atoms with E-state index >= 15 is 0 Å². The van der Waals surface area contributed by atoms with Gasteiger partial charge in [-0.25, -0.2) is 0 Å². The third-order valence-corrected chi connectivity index (χ3v) is 3.38. The van der Waals surface area contributed by atoms with Crippen molar-refractivity contribution in [2.45, 2.75) is 51.0 Å². The Morgan fingerprint density at radius 3 is 2.80 bits per heavy atom. The van der Waals surface area contributed by atoms with Gasteiger partial charge in [-0.2, -0.15) is 0 Å². The maximum absolute atomic E-state index is 9.25. The molecule has 1 aliphatic carbocycles. The van der Waals surface area contributed by atoms with E-state index in [1.54, 1.807) is 0 Å². The summed E-state index contributed by atoms with van der Waals surface area (Å²) in [7, 11) is 0. The Labute approximate surface area is 92.1 Å². The van der Waals surface area contributed by atoms with Crippen molar-refractivity contribution in [2.75, 3.05) is 0 Å². The molecule has 15 heavy (non-hydrogen) atoms. The lowest BCUT2D eigenvalue weighted by Crippen LogP contribution is -2.09. The first kappa shape index (κ1) is 10.7. The third kappa shape index (κ3) is 2.82. The molecule has 1 saturated carbocycles. The smallest absolute Gasteiger partial charge is 0.0515 e. The Kier molecular flexibility index (Phi) is 3.42. The summed E-state index contributed by atoms with van der Waals surface area (Å²) in [5.41, 5.74) is 2.88. The van der Waals surface area contributed by atoms with Crippen LogP contribution in [0.4, 0.5) is 0 Å². The molecule has 1 fully saturated rings. The van der Waals surface area contributed by atoms with Gasteiger partial charge in [0, 0.05) is 0 Å². The minimum atomic E-state index is -0.183. The molecular weight excluding hydrogens is 184 g/mol. The molecule has 0 radical (unpaired) electrons. The standard InChI is InChI=1S/C14H20O/c1-11(15)8-9-12-4-2-7-14(10-12)13-5-3-6-13/h2,4,7,10-11,13,15H,3,5-6,8-9H2,1H3. The fourth-order valence-electron chi connectivity index (χ4n) is 2.12. The predicted molar refractivity (Wildman–Crippen MR) is 63.0 cm³/mol. The molecule has 1 nitrogen and oxygen atoms in total. The molecule has 82 valence electrons. The highest BCUT2D eigenvalue weighted by Crippen LogP contribution is 2.36. The van der Waals surface area contributed by atoms with Crippen LogP contribution in [0, 0.1) is 0 Å². The van der Waals surface area contributed by atoms with E-state index in [1.165, 1.54) is 30.4 Å². The Hall–Kier alpha value is -0.820. The highest BCUT2D eigenvalue weighted by molar-refractivity contribution is 5.27. The van der Waals surface area contributed by atoms with Crippen molar-refractivity contribution in [2.24, 2.45) is 0 Å². The number of aliphatic hydroxyl groups is 1. The summed E-state index contributed by atoms with van der Waals surface area (Å²) in [4.78, 5) is 0. The van der Waals surface area contributed by atoms with Crippen molar-refractivity contribution in [1.29, 1.82) is 0 Å². The van der Waals surface area contributed by atoms with Crippen LogP contribution in [0.25, 0.3) is 0 Å². The van der Waals surface area contributed by atoms with Gasteiger partial charge in [-0.3, -0.25) is 0 Å². The van der Waals surface area contributed by atoms with Gasteiger partial charge in [0.05, 0.1) is 6.10 Å². The van der Waals surface area contributed by atoms with Gasteiger partial charge >= 0.3 is 0 Å². The number of aryl methyl sites for hydroxylation is 1. The normalized spacial score (nSPS) is 18.5. The van der Waals surface area contributed by atoms with E-state index in [1.807, 2.05) is 6.92 Å². The Morgan fingerprint density at radius 2 is 2.20 bits per heavy atom. The maximum Gasteiger partial charge on any atom is 0.0515 e. The first-order valence-electron chi connectivity index (χ1n) is 6.02. The van der Waals surface area contributed by atoms with Crippen LogP contribution in [-0.4, -0.2) is 11.2 Å². The lowest BCUT2D eigenvalue weighted by atomic mass is 9.79. The SMILES string of the molecule is CC(O)CCc1cccc(C2CCC2)c1. The predicted octanol–water partition coefficient (Wildman–Crippen LogP) is 3.27. The van der Waals surface area contributed by atoms with Crippen LogP contribution in [0.1, 0.15) is 49.7 Å². The van der Waals surface area contributed by atoms with Crippen LogP contribution in [0.15, 0.2) is 24.3 Å². The molecule has 0 spiro atoms. The largest absolute Gasteiger partial charge is 0.393 e. The van der Waals surface area contributed by atoms with Crippen LogP contribution >= 0.6 is 0 Å². The first-order valence-corrected chi connectivity index (χ1v) is 6.02. The second-order valence-corrected chi connectivity index (χ2v) is 4.76. The number of benzene rings is 1. The van der Waals surface area contributed by atoms with E-state index in [2.05, 4.69) is 24.3 Å². The second-order valence-electron chi connectivity index (χ2n) is 4.76. The summed E-state index contributed by atoms with van der Waals surface area (Å²) < 4.78 is 0. The summed E-state index contributed by atoms with van der Waals surface area (Å²) in [6, 6.07) is 8.90. The molecule has 0 aliphatic heterocycles. The monoisotopic (exact) mass is 204 g/mol. The van der Waals surface area contributed by atoms with E-state index in [-0.39, 0.29) is 6.10 Å². The molecule has 0 aromatic heterocycles. The lowest BCUT2D eigenvalue weighted by molar-refractivity contribution is 0.185. The van der Waals surface area contributed by atoms with Gasteiger partial charge in [-0.15, -0.1) is 0 Å². The average Bonchev–Trinajstić information content (AvgIpc) is 2.13. The van der Waals surface area contributed by atoms with Crippen LogP contribution in [-0.2, 0) is 6.42 Å². The van der Waals surface area contributed by atoms with Crippen LogP contribution in [0.3, 0.4) is 0 Å². The summed E-state index contributed by atoms with van der Waals surface area (Å²) >= 11 is 0. The van der Waals surface area contributed by atoms with Gasteiger partial charge in [0.15, 0.2) is 0 Å². The number of aliphatic hydroxyl groups excluding tert-OH is 1. The van der Waals surface area contributed by atoms with Gasteiger partial charge in [-0.1, -0.05) is 30.7 Å². The third-order valence-electron chi connectivity index (χ3n) is 3.38. The molecular formula is C14H20O. The lowest BCUT2D eigenvalue weighted by Gasteiger charge is -2.26. The zero-order chi connectivity index (χ0) is 10.7. The molecule has 1 aromatic carbocycles. The molecule has 2 rings (SSSR count). The van der Waals surface area contributed by atoms with Gasteiger partial charge in [-0.05, 0) is 49.7 Å².